The second kappa shape index (κ2) is 10.4. The minimum atomic E-state index is -5.04. The normalized spacial score (nSPS) is 15.6. The third-order valence-corrected chi connectivity index (χ3v) is 6.71. The summed E-state index contributed by atoms with van der Waals surface area (Å²) in [6.07, 6.45) is -3.75. The van der Waals surface area contributed by atoms with E-state index < -0.39 is 39.9 Å². The van der Waals surface area contributed by atoms with Crippen LogP contribution in [0, 0.1) is 10.1 Å². The van der Waals surface area contributed by atoms with E-state index in [9.17, 15) is 32.9 Å². The van der Waals surface area contributed by atoms with Crippen LogP contribution >= 0.6 is 22.9 Å². The van der Waals surface area contributed by atoms with Crippen LogP contribution < -0.4 is 19.6 Å². The van der Waals surface area contributed by atoms with Gasteiger partial charge >= 0.3 is 17.8 Å². The summed E-state index contributed by atoms with van der Waals surface area (Å²) in [7, 11) is 1.26. The molecule has 0 spiro atoms. The fraction of sp³-hybridized carbons (Fsp3) is 0.208. The lowest BCUT2D eigenvalue weighted by molar-refractivity contribution is -0.385. The van der Waals surface area contributed by atoms with Crippen molar-refractivity contribution in [2.75, 3.05) is 13.7 Å². The first-order valence-corrected chi connectivity index (χ1v) is 12.0. The van der Waals surface area contributed by atoms with Crippen LogP contribution in [0.3, 0.4) is 0 Å². The number of esters is 1. The number of nitro groups is 1. The Morgan fingerprint density at radius 2 is 1.95 bits per heavy atom. The van der Waals surface area contributed by atoms with Crippen molar-refractivity contribution in [2.24, 2.45) is 4.99 Å². The zero-order valence-electron chi connectivity index (χ0n) is 19.6. The maximum Gasteiger partial charge on any atom is 0.434 e. The van der Waals surface area contributed by atoms with Crippen molar-refractivity contribution in [3.05, 3.63) is 99.7 Å². The average Bonchev–Trinajstić information content (AvgIpc) is 3.17. The summed E-state index contributed by atoms with van der Waals surface area (Å²) in [6.45, 7) is 1.23. The van der Waals surface area contributed by atoms with Crippen LogP contribution in [0.1, 0.15) is 24.1 Å². The lowest BCUT2D eigenvalue weighted by Crippen LogP contribution is -2.41. The molecule has 0 aliphatic carbocycles. The number of aromatic nitrogens is 1. The molecule has 4 rings (SSSR count). The summed E-state index contributed by atoms with van der Waals surface area (Å²) in [6, 6.07) is 8.05. The van der Waals surface area contributed by atoms with Crippen LogP contribution in [0.25, 0.3) is 6.08 Å². The highest BCUT2D eigenvalue weighted by Crippen LogP contribution is 2.38. The van der Waals surface area contributed by atoms with E-state index >= 15 is 0 Å². The van der Waals surface area contributed by atoms with Gasteiger partial charge in [-0.25, -0.2) is 9.79 Å². The molecule has 1 aromatic heterocycles. The van der Waals surface area contributed by atoms with Crippen LogP contribution in [0.5, 0.6) is 5.75 Å². The van der Waals surface area contributed by atoms with E-state index in [1.807, 2.05) is 0 Å². The number of rotatable bonds is 6. The minimum absolute atomic E-state index is 0.00903. The molecule has 0 fully saturated rings. The molecule has 0 N–H and O–H groups in total. The summed E-state index contributed by atoms with van der Waals surface area (Å²) in [5.41, 5.74) is -3.05. The van der Waals surface area contributed by atoms with Crippen molar-refractivity contribution >= 4 is 40.7 Å². The van der Waals surface area contributed by atoms with Crippen molar-refractivity contribution < 1.29 is 32.4 Å². The van der Waals surface area contributed by atoms with E-state index in [0.29, 0.717) is 16.4 Å². The van der Waals surface area contributed by atoms with E-state index in [-0.39, 0.29) is 38.5 Å². The van der Waals surface area contributed by atoms with E-state index in [0.717, 1.165) is 4.57 Å². The summed E-state index contributed by atoms with van der Waals surface area (Å²) in [5, 5.41) is 11.7. The van der Waals surface area contributed by atoms with Crippen molar-refractivity contribution in [3.63, 3.8) is 0 Å². The van der Waals surface area contributed by atoms with Gasteiger partial charge in [0.15, 0.2) is 16.2 Å². The SMILES string of the molecule is CCOC(=O)C1=C(C(F)(F)F)N=c2s/c(=C\c3ccc(OC)c([N+](=O)[O-])c3)c(=O)n2[C@H]1c1ccc(Cl)cc1. The molecule has 1 aliphatic rings. The van der Waals surface area contributed by atoms with Gasteiger partial charge in [0, 0.05) is 11.1 Å². The van der Waals surface area contributed by atoms with Gasteiger partial charge in [-0.3, -0.25) is 19.5 Å². The number of carbonyl (C=O) groups is 1. The van der Waals surface area contributed by atoms with Gasteiger partial charge in [0.25, 0.3) is 5.56 Å². The van der Waals surface area contributed by atoms with Crippen LogP contribution in [0.4, 0.5) is 18.9 Å². The smallest absolute Gasteiger partial charge is 0.434 e. The predicted molar refractivity (Wildman–Crippen MR) is 132 cm³/mol. The number of halogens is 4. The lowest BCUT2D eigenvalue weighted by Gasteiger charge is -2.26. The number of hydrogen-bond acceptors (Lipinski definition) is 8. The van der Waals surface area contributed by atoms with Crippen molar-refractivity contribution in [1.82, 2.24) is 4.57 Å². The molecule has 2 aromatic carbocycles. The molecule has 1 atom stereocenters. The third kappa shape index (κ3) is 5.07. The number of hydrogen-bond donors (Lipinski definition) is 0. The molecular formula is C24H17ClF3N3O6S. The largest absolute Gasteiger partial charge is 0.490 e. The Hall–Kier alpha value is -3.97. The number of fused-ring (bicyclic) bond motifs is 1. The number of allylic oxidation sites excluding steroid dienone is 1. The van der Waals surface area contributed by atoms with Gasteiger partial charge in [-0.05, 0) is 42.3 Å². The summed E-state index contributed by atoms with van der Waals surface area (Å²) < 4.78 is 53.2. The zero-order chi connectivity index (χ0) is 27.8. The topological polar surface area (TPSA) is 113 Å². The first kappa shape index (κ1) is 27.1. The first-order valence-electron chi connectivity index (χ1n) is 10.8. The van der Waals surface area contributed by atoms with E-state index in [4.69, 9.17) is 21.1 Å². The molecule has 0 radical (unpaired) electrons. The zero-order valence-corrected chi connectivity index (χ0v) is 21.2. The maximum absolute atomic E-state index is 14.1. The predicted octanol–water partition coefficient (Wildman–Crippen LogP) is 3.91. The highest BCUT2D eigenvalue weighted by atomic mass is 35.5. The molecule has 2 heterocycles. The van der Waals surface area contributed by atoms with Crippen molar-refractivity contribution in [1.29, 1.82) is 0 Å². The fourth-order valence-electron chi connectivity index (χ4n) is 3.89. The highest BCUT2D eigenvalue weighted by Gasteiger charge is 2.45. The highest BCUT2D eigenvalue weighted by molar-refractivity contribution is 7.07. The maximum atomic E-state index is 14.1. The molecular weight excluding hydrogens is 551 g/mol. The fourth-order valence-corrected chi connectivity index (χ4v) is 5.02. The molecule has 3 aromatic rings. The summed E-state index contributed by atoms with van der Waals surface area (Å²) >= 11 is 6.60. The number of nitrogens with zero attached hydrogens (tertiary/aromatic N) is 3. The number of carbonyl (C=O) groups excluding carboxylic acids is 1. The summed E-state index contributed by atoms with van der Waals surface area (Å²) in [4.78, 5) is 40.4. The van der Waals surface area contributed by atoms with Gasteiger partial charge in [-0.15, -0.1) is 0 Å². The number of benzene rings is 2. The van der Waals surface area contributed by atoms with E-state index in [1.54, 1.807) is 0 Å². The minimum Gasteiger partial charge on any atom is -0.490 e. The van der Waals surface area contributed by atoms with Gasteiger partial charge in [0.2, 0.25) is 0 Å². The molecule has 0 saturated carbocycles. The molecule has 14 heteroatoms. The molecule has 1 aliphatic heterocycles. The van der Waals surface area contributed by atoms with Gasteiger partial charge in [-0.1, -0.05) is 41.1 Å². The second-order valence-electron chi connectivity index (χ2n) is 7.80. The van der Waals surface area contributed by atoms with Gasteiger partial charge in [-0.2, -0.15) is 13.2 Å². The van der Waals surface area contributed by atoms with Crippen LogP contribution in [-0.4, -0.2) is 35.4 Å². The first-order chi connectivity index (χ1) is 18.0. The van der Waals surface area contributed by atoms with Gasteiger partial charge < -0.3 is 9.47 Å². The molecule has 198 valence electrons. The molecule has 0 saturated heterocycles. The monoisotopic (exact) mass is 567 g/mol. The Kier molecular flexibility index (Phi) is 7.42. The molecule has 9 nitrogen and oxygen atoms in total. The van der Waals surface area contributed by atoms with Crippen molar-refractivity contribution in [3.8, 4) is 5.75 Å². The molecule has 38 heavy (non-hydrogen) atoms. The van der Waals surface area contributed by atoms with E-state index in [1.165, 1.54) is 62.6 Å². The Bertz CT molecular complexity index is 1640. The number of ether oxygens (including phenoxy) is 2. The molecule has 0 unspecified atom stereocenters. The van der Waals surface area contributed by atoms with Crippen molar-refractivity contribution in [2.45, 2.75) is 19.1 Å². The standard InChI is InChI=1S/C24H17ClF3N3O6S/c1-3-37-22(33)18-19(13-5-7-14(25)8-6-13)30-21(32)17(38-23(30)29-20(18)24(26,27)28)11-12-4-9-16(36-2)15(10-12)31(34)35/h4-11,19H,3H2,1-2H3/b17-11-/t19-/m0/s1. The Morgan fingerprint density at radius 3 is 2.53 bits per heavy atom. The van der Waals surface area contributed by atoms with Gasteiger partial charge in [0.05, 0.1) is 34.8 Å². The van der Waals surface area contributed by atoms with Crippen LogP contribution in [0.15, 0.2) is 63.5 Å². The third-order valence-electron chi connectivity index (χ3n) is 5.48. The number of thiazole rings is 1. The lowest BCUT2D eigenvalue weighted by atomic mass is 9.95. The number of nitro benzene ring substituents is 1. The summed E-state index contributed by atoms with van der Waals surface area (Å²) in [5.74, 6) is -1.28. The number of methoxy groups -OCH3 is 1. The quantitative estimate of drug-likeness (QED) is 0.254. The second-order valence-corrected chi connectivity index (χ2v) is 9.25. The molecule has 0 amide bonds. The van der Waals surface area contributed by atoms with Crippen LogP contribution in [0.2, 0.25) is 5.02 Å². The average molecular weight is 568 g/mol. The Labute approximate surface area is 220 Å². The van der Waals surface area contributed by atoms with E-state index in [2.05, 4.69) is 4.99 Å². The molecule has 0 bridgehead atoms. The number of alkyl halides is 3. The van der Waals surface area contributed by atoms with Crippen LogP contribution in [-0.2, 0) is 9.53 Å². The Morgan fingerprint density at radius 1 is 1.26 bits per heavy atom. The Balaban J connectivity index is 2.02. The van der Waals surface area contributed by atoms with Gasteiger partial charge in [0.1, 0.15) is 0 Å².